The van der Waals surface area contributed by atoms with Crippen LogP contribution in [0.2, 0.25) is 0 Å². The Bertz CT molecular complexity index is 1400. The number of carbonyl (C=O) groups is 1. The zero-order valence-electron chi connectivity index (χ0n) is 19.3. The van der Waals surface area contributed by atoms with E-state index in [9.17, 15) is 9.59 Å². The number of nitrogens with one attached hydrogen (secondary N) is 2. The summed E-state index contributed by atoms with van der Waals surface area (Å²) in [6.07, 6.45) is 1.69. The Balaban J connectivity index is 1.46. The molecule has 34 heavy (non-hydrogen) atoms. The summed E-state index contributed by atoms with van der Waals surface area (Å²) in [7, 11) is 0. The van der Waals surface area contributed by atoms with Crippen LogP contribution in [0.1, 0.15) is 23.7 Å². The molecule has 0 unspecified atom stereocenters. The van der Waals surface area contributed by atoms with Crippen molar-refractivity contribution in [3.05, 3.63) is 94.0 Å². The molecule has 174 valence electrons. The Morgan fingerprint density at radius 2 is 1.76 bits per heavy atom. The van der Waals surface area contributed by atoms with E-state index in [1.807, 2.05) is 51.1 Å². The van der Waals surface area contributed by atoms with Gasteiger partial charge in [0.15, 0.2) is 0 Å². The van der Waals surface area contributed by atoms with Crippen LogP contribution < -0.4 is 25.7 Å². The largest absolute Gasteiger partial charge is 0.492 e. The van der Waals surface area contributed by atoms with Gasteiger partial charge in [0.25, 0.3) is 5.56 Å². The standard InChI is InChI=1S/C26H26N4O4/c1-4-33-22-10-6-5-9-21(22)29-26(32)28-19-12-11-17(2)23(14-19)34-16-20-15-24(31)30-13-7-8-18(3)25(30)27-20/h5-15H,4,16H2,1-3H3,(H2,28,29,32). The van der Waals surface area contributed by atoms with E-state index >= 15 is 0 Å². The van der Waals surface area contributed by atoms with Gasteiger partial charge in [0.05, 0.1) is 18.0 Å². The summed E-state index contributed by atoms with van der Waals surface area (Å²) in [6.45, 7) is 6.32. The summed E-state index contributed by atoms with van der Waals surface area (Å²) in [5, 5.41) is 5.61. The predicted molar refractivity (Wildman–Crippen MR) is 132 cm³/mol. The van der Waals surface area contributed by atoms with Gasteiger partial charge in [-0.3, -0.25) is 9.20 Å². The molecule has 0 radical (unpaired) electrons. The summed E-state index contributed by atoms with van der Waals surface area (Å²) < 4.78 is 13.0. The first-order chi connectivity index (χ1) is 16.4. The van der Waals surface area contributed by atoms with Crippen molar-refractivity contribution in [2.45, 2.75) is 27.4 Å². The van der Waals surface area contributed by atoms with Gasteiger partial charge in [-0.05, 0) is 56.2 Å². The van der Waals surface area contributed by atoms with Gasteiger partial charge in [0.2, 0.25) is 0 Å². The summed E-state index contributed by atoms with van der Waals surface area (Å²) in [4.78, 5) is 29.5. The normalized spacial score (nSPS) is 10.7. The van der Waals surface area contributed by atoms with E-state index in [1.54, 1.807) is 30.5 Å². The zero-order valence-corrected chi connectivity index (χ0v) is 19.3. The number of ether oxygens (including phenoxy) is 2. The SMILES string of the molecule is CCOc1ccccc1NC(=O)Nc1ccc(C)c(OCc2cc(=O)n3cccc(C)c3n2)c1. The molecule has 2 aromatic heterocycles. The maximum atomic E-state index is 12.5. The number of anilines is 2. The van der Waals surface area contributed by atoms with Crippen LogP contribution in [-0.4, -0.2) is 22.0 Å². The fourth-order valence-corrected chi connectivity index (χ4v) is 3.50. The summed E-state index contributed by atoms with van der Waals surface area (Å²) >= 11 is 0. The molecule has 0 fully saturated rings. The number of para-hydroxylation sites is 2. The number of nitrogens with zero attached hydrogens (tertiary/aromatic N) is 2. The molecule has 0 saturated heterocycles. The summed E-state index contributed by atoms with van der Waals surface area (Å²) in [5.74, 6) is 1.18. The number of amides is 2. The van der Waals surface area contributed by atoms with Gasteiger partial charge in [-0.15, -0.1) is 0 Å². The Morgan fingerprint density at radius 3 is 2.59 bits per heavy atom. The lowest BCUT2D eigenvalue weighted by Gasteiger charge is -2.14. The van der Waals surface area contributed by atoms with E-state index in [4.69, 9.17) is 9.47 Å². The van der Waals surface area contributed by atoms with Crippen molar-refractivity contribution >= 4 is 23.1 Å². The van der Waals surface area contributed by atoms with Crippen LogP contribution in [0, 0.1) is 13.8 Å². The Hall–Kier alpha value is -4.33. The minimum atomic E-state index is -0.401. The molecule has 0 spiro atoms. The third-order valence-electron chi connectivity index (χ3n) is 5.20. The molecule has 4 aromatic rings. The molecular formula is C26H26N4O4. The van der Waals surface area contributed by atoms with Crippen molar-refractivity contribution < 1.29 is 14.3 Å². The minimum absolute atomic E-state index is 0.123. The first kappa shape index (κ1) is 22.8. The van der Waals surface area contributed by atoms with E-state index in [0.717, 1.165) is 11.1 Å². The Kier molecular flexibility index (Phi) is 6.77. The molecule has 0 aliphatic heterocycles. The molecule has 0 aliphatic rings. The van der Waals surface area contributed by atoms with Crippen LogP contribution in [0.4, 0.5) is 16.2 Å². The molecule has 8 heteroatoms. The number of hydrogen-bond donors (Lipinski definition) is 2. The number of benzene rings is 2. The summed E-state index contributed by atoms with van der Waals surface area (Å²) in [5.41, 5.74) is 3.90. The number of aromatic nitrogens is 2. The highest BCUT2D eigenvalue weighted by Crippen LogP contribution is 2.26. The third-order valence-corrected chi connectivity index (χ3v) is 5.20. The van der Waals surface area contributed by atoms with Crippen LogP contribution in [-0.2, 0) is 6.61 Å². The molecule has 8 nitrogen and oxygen atoms in total. The molecule has 2 aromatic carbocycles. The van der Waals surface area contributed by atoms with Crippen molar-refractivity contribution in [2.24, 2.45) is 0 Å². The van der Waals surface area contributed by atoms with E-state index in [0.29, 0.717) is 40.8 Å². The van der Waals surface area contributed by atoms with Gasteiger partial charge >= 0.3 is 6.03 Å². The topological polar surface area (TPSA) is 94.0 Å². The number of rotatable bonds is 7. The van der Waals surface area contributed by atoms with Crippen LogP contribution >= 0.6 is 0 Å². The van der Waals surface area contributed by atoms with Gasteiger partial charge < -0.3 is 20.1 Å². The van der Waals surface area contributed by atoms with Crippen molar-refractivity contribution in [3.8, 4) is 11.5 Å². The van der Waals surface area contributed by atoms with Crippen molar-refractivity contribution in [1.29, 1.82) is 0 Å². The quantitative estimate of drug-likeness (QED) is 0.409. The van der Waals surface area contributed by atoms with Crippen LogP contribution in [0.15, 0.2) is 71.7 Å². The molecule has 2 heterocycles. The Labute approximate surface area is 197 Å². The monoisotopic (exact) mass is 458 g/mol. The molecule has 0 aliphatic carbocycles. The lowest BCUT2D eigenvalue weighted by molar-refractivity contribution is 0.262. The number of fused-ring (bicyclic) bond motifs is 1. The number of hydrogen-bond acceptors (Lipinski definition) is 5. The molecule has 4 rings (SSSR count). The maximum Gasteiger partial charge on any atom is 0.323 e. The lowest BCUT2D eigenvalue weighted by Crippen LogP contribution is -2.20. The van der Waals surface area contributed by atoms with Crippen LogP contribution in [0.3, 0.4) is 0 Å². The average molecular weight is 459 g/mol. The highest BCUT2D eigenvalue weighted by Gasteiger charge is 2.10. The number of urea groups is 1. The predicted octanol–water partition coefficient (Wildman–Crippen LogP) is 4.93. The third kappa shape index (κ3) is 5.17. The molecule has 2 N–H and O–H groups in total. The first-order valence-corrected chi connectivity index (χ1v) is 11.0. The molecule has 2 amide bonds. The maximum absolute atomic E-state index is 12.5. The zero-order chi connectivity index (χ0) is 24.1. The van der Waals surface area contributed by atoms with Gasteiger partial charge in [0.1, 0.15) is 23.8 Å². The average Bonchev–Trinajstić information content (AvgIpc) is 2.81. The molecule has 0 saturated carbocycles. The number of aryl methyl sites for hydroxylation is 2. The van der Waals surface area contributed by atoms with Gasteiger partial charge in [-0.1, -0.05) is 24.3 Å². The second-order valence-corrected chi connectivity index (χ2v) is 7.75. The fourth-order valence-electron chi connectivity index (χ4n) is 3.50. The molecular weight excluding hydrogens is 432 g/mol. The second-order valence-electron chi connectivity index (χ2n) is 7.75. The number of pyridine rings is 1. The van der Waals surface area contributed by atoms with Gasteiger partial charge in [-0.25, -0.2) is 9.78 Å². The van der Waals surface area contributed by atoms with E-state index < -0.39 is 6.03 Å². The molecule has 0 bridgehead atoms. The number of carbonyl (C=O) groups excluding carboxylic acids is 1. The van der Waals surface area contributed by atoms with Gasteiger partial charge in [-0.2, -0.15) is 0 Å². The van der Waals surface area contributed by atoms with Gasteiger partial charge in [0, 0.05) is 24.0 Å². The van der Waals surface area contributed by atoms with E-state index in [2.05, 4.69) is 15.6 Å². The van der Waals surface area contributed by atoms with Crippen molar-refractivity contribution in [1.82, 2.24) is 9.38 Å². The van der Waals surface area contributed by atoms with Crippen LogP contribution in [0.25, 0.3) is 5.65 Å². The molecule has 0 atom stereocenters. The van der Waals surface area contributed by atoms with Crippen LogP contribution in [0.5, 0.6) is 11.5 Å². The lowest BCUT2D eigenvalue weighted by atomic mass is 10.2. The van der Waals surface area contributed by atoms with Crippen molar-refractivity contribution in [3.63, 3.8) is 0 Å². The second kappa shape index (κ2) is 10.1. The fraction of sp³-hybridized carbons (Fsp3) is 0.192. The Morgan fingerprint density at radius 1 is 0.941 bits per heavy atom. The van der Waals surface area contributed by atoms with E-state index in [1.165, 1.54) is 10.5 Å². The summed E-state index contributed by atoms with van der Waals surface area (Å²) in [6, 6.07) is 17.4. The van der Waals surface area contributed by atoms with E-state index in [-0.39, 0.29) is 12.2 Å². The minimum Gasteiger partial charge on any atom is -0.492 e. The highest BCUT2D eigenvalue weighted by molar-refractivity contribution is 6.00. The smallest absolute Gasteiger partial charge is 0.323 e. The van der Waals surface area contributed by atoms with Crippen molar-refractivity contribution in [2.75, 3.05) is 17.2 Å². The first-order valence-electron chi connectivity index (χ1n) is 11.0. The highest BCUT2D eigenvalue weighted by atomic mass is 16.5.